The van der Waals surface area contributed by atoms with Crippen LogP contribution in [0.25, 0.3) is 0 Å². The molecule has 0 radical (unpaired) electrons. The molecule has 0 bridgehead atoms. The van der Waals surface area contributed by atoms with E-state index in [2.05, 4.69) is 9.98 Å². The molecule has 0 spiro atoms. The molecule has 0 fully saturated rings. The Balaban J connectivity index is 1.84. The molecule has 1 aliphatic heterocycles. The predicted octanol–water partition coefficient (Wildman–Crippen LogP) is 4.48. The Morgan fingerprint density at radius 1 is 1.21 bits per heavy atom. The number of ether oxygens (including phenoxy) is 2. The van der Waals surface area contributed by atoms with E-state index in [0.29, 0.717) is 11.3 Å². The largest absolute Gasteiger partial charge is 0.491 e. The Kier molecular flexibility index (Phi) is 5.64. The van der Waals surface area contributed by atoms with E-state index in [9.17, 15) is 18.0 Å². The van der Waals surface area contributed by atoms with Gasteiger partial charge in [0, 0.05) is 18.0 Å². The van der Waals surface area contributed by atoms with Crippen molar-refractivity contribution in [2.24, 2.45) is 4.99 Å². The molecule has 1 aliphatic rings. The van der Waals surface area contributed by atoms with Crippen LogP contribution in [-0.4, -0.2) is 39.8 Å². The van der Waals surface area contributed by atoms with Gasteiger partial charge in [-0.15, -0.1) is 0 Å². The number of thioether (sulfide) groups is 1. The van der Waals surface area contributed by atoms with Gasteiger partial charge in [-0.05, 0) is 50.2 Å². The van der Waals surface area contributed by atoms with Crippen LogP contribution in [0.2, 0.25) is 0 Å². The number of alkyl halides is 3. The fraction of sp³-hybridized carbons (Fsp3) is 0.316. The summed E-state index contributed by atoms with van der Waals surface area (Å²) >= 11 is 0.869. The Bertz CT molecular complexity index is 870. The third-order valence-electron chi connectivity index (χ3n) is 3.76. The summed E-state index contributed by atoms with van der Waals surface area (Å²) in [6.07, 6.45) is -2.01. The zero-order valence-corrected chi connectivity index (χ0v) is 15.9. The van der Waals surface area contributed by atoms with E-state index in [-0.39, 0.29) is 16.7 Å². The van der Waals surface area contributed by atoms with Crippen LogP contribution in [0.3, 0.4) is 0 Å². The molecule has 1 aromatic heterocycles. The van der Waals surface area contributed by atoms with Crippen molar-refractivity contribution in [2.75, 3.05) is 5.75 Å². The first-order valence-corrected chi connectivity index (χ1v) is 9.38. The summed E-state index contributed by atoms with van der Waals surface area (Å²) < 4.78 is 51.6. The first kappa shape index (κ1) is 20.2. The number of pyridine rings is 1. The summed E-state index contributed by atoms with van der Waals surface area (Å²) in [5, 5.41) is 0.124. The van der Waals surface area contributed by atoms with E-state index < -0.39 is 23.6 Å². The number of aromatic nitrogens is 1. The molecule has 0 saturated heterocycles. The van der Waals surface area contributed by atoms with Gasteiger partial charge >= 0.3 is 17.9 Å². The summed E-state index contributed by atoms with van der Waals surface area (Å²) in [4.78, 5) is 20.0. The van der Waals surface area contributed by atoms with Crippen LogP contribution in [-0.2, 0) is 4.74 Å². The Labute approximate surface area is 164 Å². The van der Waals surface area contributed by atoms with Crippen molar-refractivity contribution in [1.29, 1.82) is 0 Å². The summed E-state index contributed by atoms with van der Waals surface area (Å²) in [6.45, 7) is 3.68. The fourth-order valence-corrected chi connectivity index (χ4v) is 3.56. The van der Waals surface area contributed by atoms with Crippen LogP contribution in [0.1, 0.15) is 29.8 Å². The number of carbonyl (C=O) groups excluding carboxylic acids is 1. The van der Waals surface area contributed by atoms with E-state index in [1.54, 1.807) is 12.1 Å². The molecule has 1 atom stereocenters. The molecule has 1 unspecified atom stereocenters. The quantitative estimate of drug-likeness (QED) is 0.681. The summed E-state index contributed by atoms with van der Waals surface area (Å²) in [5.74, 6) is -1.16. The molecule has 0 N–H and O–H groups in total. The van der Waals surface area contributed by atoms with Crippen molar-refractivity contribution in [3.8, 4) is 5.75 Å². The third kappa shape index (κ3) is 4.30. The molecule has 1 aromatic carbocycles. The molecule has 3 rings (SSSR count). The van der Waals surface area contributed by atoms with Crippen LogP contribution < -0.4 is 4.74 Å². The van der Waals surface area contributed by atoms with E-state index >= 15 is 0 Å². The van der Waals surface area contributed by atoms with Crippen molar-refractivity contribution >= 4 is 22.8 Å². The van der Waals surface area contributed by atoms with Gasteiger partial charge in [-0.3, -0.25) is 4.98 Å². The normalized spacial score (nSPS) is 19.4. The fourth-order valence-electron chi connectivity index (χ4n) is 2.44. The smallest absolute Gasteiger partial charge is 0.451 e. The average Bonchev–Trinajstić information content (AvgIpc) is 3.08. The number of nitrogens with zero attached hydrogens (tertiary/aromatic N) is 2. The van der Waals surface area contributed by atoms with Gasteiger partial charge in [-0.25, -0.2) is 9.79 Å². The minimum Gasteiger partial charge on any atom is -0.491 e. The maximum Gasteiger partial charge on any atom is 0.451 e. The Morgan fingerprint density at radius 3 is 2.50 bits per heavy atom. The van der Waals surface area contributed by atoms with Gasteiger partial charge in [0.1, 0.15) is 10.8 Å². The van der Waals surface area contributed by atoms with E-state index in [0.717, 1.165) is 11.8 Å². The maximum atomic E-state index is 13.8. The van der Waals surface area contributed by atoms with Crippen molar-refractivity contribution in [1.82, 2.24) is 4.98 Å². The molecular weight excluding hydrogens is 393 g/mol. The number of hydrogen-bond acceptors (Lipinski definition) is 6. The van der Waals surface area contributed by atoms with Gasteiger partial charge < -0.3 is 9.47 Å². The van der Waals surface area contributed by atoms with Gasteiger partial charge in [0.2, 0.25) is 0 Å². The zero-order chi connectivity index (χ0) is 20.4. The molecular formula is C19H17F3N2O3S. The van der Waals surface area contributed by atoms with Crippen molar-refractivity contribution < 1.29 is 27.4 Å². The number of carbonyl (C=O) groups is 1. The number of benzene rings is 1. The monoisotopic (exact) mass is 410 g/mol. The molecule has 2 heterocycles. The van der Waals surface area contributed by atoms with Crippen LogP contribution >= 0.6 is 11.8 Å². The number of esters is 1. The second-order valence-corrected chi connectivity index (χ2v) is 7.27. The highest BCUT2D eigenvalue weighted by molar-refractivity contribution is 8.14. The highest BCUT2D eigenvalue weighted by Crippen LogP contribution is 2.44. The van der Waals surface area contributed by atoms with Crippen molar-refractivity contribution in [3.05, 3.63) is 59.9 Å². The van der Waals surface area contributed by atoms with Gasteiger partial charge in [0.15, 0.2) is 0 Å². The lowest BCUT2D eigenvalue weighted by Gasteiger charge is -2.27. The minimum atomic E-state index is -4.86. The molecule has 9 heteroatoms. The van der Waals surface area contributed by atoms with Crippen molar-refractivity contribution in [3.63, 3.8) is 0 Å². The second-order valence-electron chi connectivity index (χ2n) is 6.31. The third-order valence-corrected chi connectivity index (χ3v) is 4.90. The van der Waals surface area contributed by atoms with E-state index in [1.807, 2.05) is 13.8 Å². The van der Waals surface area contributed by atoms with Gasteiger partial charge in [-0.2, -0.15) is 13.2 Å². The van der Waals surface area contributed by atoms with Gasteiger partial charge in [0.25, 0.3) is 0 Å². The summed E-state index contributed by atoms with van der Waals surface area (Å²) in [5.41, 5.74) is -2.52. The lowest BCUT2D eigenvalue weighted by atomic mass is 10.2. The molecule has 0 amide bonds. The van der Waals surface area contributed by atoms with E-state index in [1.165, 1.54) is 36.7 Å². The number of hydrogen-bond donors (Lipinski definition) is 0. The van der Waals surface area contributed by atoms with Crippen LogP contribution in [0.5, 0.6) is 5.75 Å². The highest BCUT2D eigenvalue weighted by atomic mass is 32.2. The highest BCUT2D eigenvalue weighted by Gasteiger charge is 2.61. The van der Waals surface area contributed by atoms with Crippen LogP contribution in [0, 0.1) is 0 Å². The standard InChI is InChI=1S/C19H17F3N2O3S/c1-12(2)26-15-7-5-13(6-8-15)17(25)27-18(19(20,21)22)11-28-16(24-18)14-4-3-9-23-10-14/h3-10,12H,11H2,1-2H3. The molecule has 5 nitrogen and oxygen atoms in total. The Hall–Kier alpha value is -2.55. The summed E-state index contributed by atoms with van der Waals surface area (Å²) in [7, 11) is 0. The van der Waals surface area contributed by atoms with Crippen LogP contribution in [0.4, 0.5) is 13.2 Å². The van der Waals surface area contributed by atoms with Gasteiger partial charge in [-0.1, -0.05) is 11.8 Å². The SMILES string of the molecule is CC(C)Oc1ccc(C(=O)OC2(C(F)(F)F)CSC(c3cccnc3)=N2)cc1. The number of aliphatic imine (C=N–C) groups is 1. The lowest BCUT2D eigenvalue weighted by molar-refractivity contribution is -0.245. The topological polar surface area (TPSA) is 60.8 Å². The van der Waals surface area contributed by atoms with E-state index in [4.69, 9.17) is 9.47 Å². The van der Waals surface area contributed by atoms with Crippen LogP contribution in [0.15, 0.2) is 53.8 Å². The number of halogens is 3. The zero-order valence-electron chi connectivity index (χ0n) is 15.1. The lowest BCUT2D eigenvalue weighted by Crippen LogP contribution is -2.48. The first-order chi connectivity index (χ1) is 13.2. The average molecular weight is 410 g/mol. The second kappa shape index (κ2) is 7.83. The summed E-state index contributed by atoms with van der Waals surface area (Å²) in [6, 6.07) is 8.92. The minimum absolute atomic E-state index is 0.0187. The van der Waals surface area contributed by atoms with Gasteiger partial charge in [0.05, 0.1) is 17.4 Å². The molecule has 148 valence electrons. The molecule has 2 aromatic rings. The predicted molar refractivity (Wildman–Crippen MR) is 99.6 cm³/mol. The van der Waals surface area contributed by atoms with Crippen molar-refractivity contribution in [2.45, 2.75) is 31.9 Å². The maximum absolute atomic E-state index is 13.8. The molecule has 0 saturated carbocycles. The first-order valence-electron chi connectivity index (χ1n) is 8.40. The Morgan fingerprint density at radius 2 is 1.93 bits per heavy atom. The number of rotatable bonds is 5. The molecule has 28 heavy (non-hydrogen) atoms. The molecule has 0 aliphatic carbocycles.